The summed E-state index contributed by atoms with van der Waals surface area (Å²) in [6.07, 6.45) is 6.43. The van der Waals surface area contributed by atoms with Crippen LogP contribution in [0.2, 0.25) is 0 Å². The van der Waals surface area contributed by atoms with Gasteiger partial charge in [-0.25, -0.2) is 0 Å². The highest BCUT2D eigenvalue weighted by molar-refractivity contribution is 5.88. The first kappa shape index (κ1) is 14.6. The molecule has 1 amide bonds. The summed E-state index contributed by atoms with van der Waals surface area (Å²) in [5, 5.41) is 0. The van der Waals surface area contributed by atoms with E-state index in [2.05, 4.69) is 17.0 Å². The van der Waals surface area contributed by atoms with E-state index in [1.54, 1.807) is 0 Å². The van der Waals surface area contributed by atoms with Crippen LogP contribution in [-0.2, 0) is 14.9 Å². The minimum Gasteiger partial charge on any atom is -0.381 e. The Morgan fingerprint density at radius 2 is 1.57 bits per heavy atom. The Balaban J connectivity index is 1.89. The Labute approximate surface area is 127 Å². The molecule has 21 heavy (non-hydrogen) atoms. The zero-order valence-corrected chi connectivity index (χ0v) is 12.7. The van der Waals surface area contributed by atoms with Crippen molar-refractivity contribution in [3.63, 3.8) is 0 Å². The van der Waals surface area contributed by atoms with Gasteiger partial charge in [0.2, 0.25) is 5.91 Å². The molecule has 0 aliphatic carbocycles. The van der Waals surface area contributed by atoms with Crippen molar-refractivity contribution >= 4 is 5.91 Å². The highest BCUT2D eigenvalue weighted by Crippen LogP contribution is 2.37. The van der Waals surface area contributed by atoms with E-state index < -0.39 is 0 Å². The lowest BCUT2D eigenvalue weighted by Gasteiger charge is -2.40. The van der Waals surface area contributed by atoms with Crippen molar-refractivity contribution in [1.82, 2.24) is 4.90 Å². The van der Waals surface area contributed by atoms with Gasteiger partial charge in [0.15, 0.2) is 0 Å². The molecule has 0 unspecified atom stereocenters. The summed E-state index contributed by atoms with van der Waals surface area (Å²) in [6.45, 7) is 3.23. The topological polar surface area (TPSA) is 29.5 Å². The SMILES string of the molecule is O=C(N1CCCCCC1)C1(c2ccccc2)CCOCC1. The smallest absolute Gasteiger partial charge is 0.233 e. The van der Waals surface area contributed by atoms with E-state index in [9.17, 15) is 4.79 Å². The fourth-order valence-corrected chi connectivity index (χ4v) is 3.68. The quantitative estimate of drug-likeness (QED) is 0.836. The fraction of sp³-hybridized carbons (Fsp3) is 0.611. The zero-order valence-electron chi connectivity index (χ0n) is 12.7. The number of ether oxygens (including phenoxy) is 1. The number of amides is 1. The summed E-state index contributed by atoms with van der Waals surface area (Å²) in [5.41, 5.74) is 0.812. The first-order valence-corrected chi connectivity index (χ1v) is 8.26. The maximum Gasteiger partial charge on any atom is 0.233 e. The monoisotopic (exact) mass is 287 g/mol. The van der Waals surface area contributed by atoms with Gasteiger partial charge in [-0.1, -0.05) is 43.2 Å². The summed E-state index contributed by atoms with van der Waals surface area (Å²) in [4.78, 5) is 15.4. The van der Waals surface area contributed by atoms with E-state index in [0.717, 1.165) is 38.8 Å². The van der Waals surface area contributed by atoms with Crippen molar-refractivity contribution < 1.29 is 9.53 Å². The van der Waals surface area contributed by atoms with Crippen LogP contribution < -0.4 is 0 Å². The molecule has 0 radical (unpaired) electrons. The summed E-state index contributed by atoms with van der Waals surface area (Å²) < 4.78 is 5.54. The van der Waals surface area contributed by atoms with Gasteiger partial charge in [0.1, 0.15) is 0 Å². The third kappa shape index (κ3) is 2.98. The van der Waals surface area contributed by atoms with Crippen molar-refractivity contribution in [3.8, 4) is 0 Å². The molecule has 2 aliphatic rings. The number of carbonyl (C=O) groups excluding carboxylic acids is 1. The summed E-state index contributed by atoms with van der Waals surface area (Å²) >= 11 is 0. The van der Waals surface area contributed by atoms with Gasteiger partial charge in [-0.05, 0) is 31.2 Å². The van der Waals surface area contributed by atoms with E-state index in [1.165, 1.54) is 18.4 Å². The number of hydrogen-bond donors (Lipinski definition) is 0. The van der Waals surface area contributed by atoms with E-state index in [4.69, 9.17) is 4.74 Å². The van der Waals surface area contributed by atoms with Crippen LogP contribution in [-0.4, -0.2) is 37.1 Å². The second kappa shape index (κ2) is 6.61. The molecule has 2 fully saturated rings. The van der Waals surface area contributed by atoms with Crippen LogP contribution in [0.4, 0.5) is 0 Å². The van der Waals surface area contributed by atoms with Crippen LogP contribution in [0.1, 0.15) is 44.1 Å². The number of carbonyl (C=O) groups is 1. The maximum absolute atomic E-state index is 13.3. The predicted molar refractivity (Wildman–Crippen MR) is 83.2 cm³/mol. The maximum atomic E-state index is 13.3. The van der Waals surface area contributed by atoms with Gasteiger partial charge < -0.3 is 9.64 Å². The molecular formula is C18H25NO2. The molecule has 0 aromatic heterocycles. The Hall–Kier alpha value is -1.35. The third-order valence-electron chi connectivity index (χ3n) is 4.98. The van der Waals surface area contributed by atoms with Crippen LogP contribution in [0.25, 0.3) is 0 Å². The number of nitrogens with zero attached hydrogens (tertiary/aromatic N) is 1. The number of likely N-dealkylation sites (tertiary alicyclic amines) is 1. The summed E-state index contributed by atoms with van der Waals surface area (Å²) in [7, 11) is 0. The predicted octanol–water partition coefficient (Wildman–Crippen LogP) is 3.14. The van der Waals surface area contributed by atoms with E-state index >= 15 is 0 Å². The molecule has 0 spiro atoms. The Morgan fingerprint density at radius 3 is 2.19 bits per heavy atom. The van der Waals surface area contributed by atoms with Crippen molar-refractivity contribution in [2.45, 2.75) is 43.9 Å². The average molecular weight is 287 g/mol. The molecule has 0 N–H and O–H groups in total. The molecule has 1 aromatic rings. The van der Waals surface area contributed by atoms with Crippen LogP contribution >= 0.6 is 0 Å². The van der Waals surface area contributed by atoms with E-state index in [-0.39, 0.29) is 5.41 Å². The van der Waals surface area contributed by atoms with Crippen LogP contribution in [0.15, 0.2) is 30.3 Å². The van der Waals surface area contributed by atoms with Gasteiger partial charge in [-0.3, -0.25) is 4.79 Å². The van der Waals surface area contributed by atoms with Gasteiger partial charge in [-0.2, -0.15) is 0 Å². The van der Waals surface area contributed by atoms with Crippen LogP contribution in [0.5, 0.6) is 0 Å². The van der Waals surface area contributed by atoms with Crippen molar-refractivity contribution in [1.29, 1.82) is 0 Å². The lowest BCUT2D eigenvalue weighted by Crippen LogP contribution is -2.50. The largest absolute Gasteiger partial charge is 0.381 e. The molecule has 2 saturated heterocycles. The second-order valence-corrected chi connectivity index (χ2v) is 6.27. The molecule has 1 aromatic carbocycles. The molecule has 3 rings (SSSR count). The van der Waals surface area contributed by atoms with E-state index in [0.29, 0.717) is 19.1 Å². The molecule has 0 saturated carbocycles. The van der Waals surface area contributed by atoms with Gasteiger partial charge in [-0.15, -0.1) is 0 Å². The van der Waals surface area contributed by atoms with Gasteiger partial charge in [0.25, 0.3) is 0 Å². The molecule has 114 valence electrons. The Morgan fingerprint density at radius 1 is 0.952 bits per heavy atom. The number of rotatable bonds is 2. The molecule has 2 aliphatic heterocycles. The van der Waals surface area contributed by atoms with Gasteiger partial charge in [0, 0.05) is 26.3 Å². The minimum atomic E-state index is -0.357. The molecule has 3 nitrogen and oxygen atoms in total. The summed E-state index contributed by atoms with van der Waals surface area (Å²) in [6, 6.07) is 10.3. The third-order valence-corrected chi connectivity index (χ3v) is 4.98. The zero-order chi connectivity index (χ0) is 14.5. The van der Waals surface area contributed by atoms with E-state index in [1.807, 2.05) is 18.2 Å². The number of benzene rings is 1. The van der Waals surface area contributed by atoms with Gasteiger partial charge in [0.05, 0.1) is 5.41 Å². The van der Waals surface area contributed by atoms with Gasteiger partial charge >= 0.3 is 0 Å². The lowest BCUT2D eigenvalue weighted by molar-refractivity contribution is -0.141. The highest BCUT2D eigenvalue weighted by atomic mass is 16.5. The fourth-order valence-electron chi connectivity index (χ4n) is 3.68. The molecule has 2 heterocycles. The second-order valence-electron chi connectivity index (χ2n) is 6.27. The average Bonchev–Trinajstić information content (AvgIpc) is 2.85. The lowest BCUT2D eigenvalue weighted by atomic mass is 9.73. The van der Waals surface area contributed by atoms with Crippen molar-refractivity contribution in [2.75, 3.05) is 26.3 Å². The number of hydrogen-bond acceptors (Lipinski definition) is 2. The Bertz CT molecular complexity index is 457. The van der Waals surface area contributed by atoms with Crippen molar-refractivity contribution in [2.24, 2.45) is 0 Å². The minimum absolute atomic E-state index is 0.332. The van der Waals surface area contributed by atoms with Crippen molar-refractivity contribution in [3.05, 3.63) is 35.9 Å². The molecular weight excluding hydrogens is 262 g/mol. The Kier molecular flexibility index (Phi) is 4.59. The standard InChI is InChI=1S/C18H25NO2/c20-17(19-12-6-1-2-7-13-19)18(10-14-21-15-11-18)16-8-4-3-5-9-16/h3-5,8-9H,1-2,6-7,10-15H2. The molecule has 0 bridgehead atoms. The molecule has 3 heteroatoms. The first-order chi connectivity index (χ1) is 10.3. The first-order valence-electron chi connectivity index (χ1n) is 8.26. The highest BCUT2D eigenvalue weighted by Gasteiger charge is 2.43. The van der Waals surface area contributed by atoms with Crippen LogP contribution in [0.3, 0.4) is 0 Å². The normalized spacial score (nSPS) is 22.6. The summed E-state index contributed by atoms with van der Waals surface area (Å²) in [5.74, 6) is 0.332. The molecule has 0 atom stereocenters. The van der Waals surface area contributed by atoms with Crippen LogP contribution in [0, 0.1) is 0 Å².